The van der Waals surface area contributed by atoms with E-state index in [1.807, 2.05) is 4.90 Å². The van der Waals surface area contributed by atoms with Crippen molar-refractivity contribution in [2.75, 3.05) is 61.1 Å². The van der Waals surface area contributed by atoms with Crippen molar-refractivity contribution < 1.29 is 19.1 Å². The molecular weight excluding hydrogens is 298 g/mol. The van der Waals surface area contributed by atoms with E-state index in [9.17, 15) is 9.59 Å². The third kappa shape index (κ3) is 4.14. The van der Waals surface area contributed by atoms with Gasteiger partial charge in [-0.3, -0.25) is 4.79 Å². The van der Waals surface area contributed by atoms with Crippen molar-refractivity contribution in [2.45, 2.75) is 25.4 Å². The van der Waals surface area contributed by atoms with Crippen molar-refractivity contribution in [3.05, 3.63) is 0 Å². The van der Waals surface area contributed by atoms with Crippen LogP contribution < -0.4 is 0 Å². The molecule has 0 radical (unpaired) electrons. The quantitative estimate of drug-likeness (QED) is 0.760. The van der Waals surface area contributed by atoms with Crippen LogP contribution in [0.25, 0.3) is 0 Å². The molecule has 0 aromatic carbocycles. The van der Waals surface area contributed by atoms with E-state index in [0.717, 1.165) is 25.9 Å². The number of ether oxygens (including phenoxy) is 2. The summed E-state index contributed by atoms with van der Waals surface area (Å²) in [5.41, 5.74) is -0.200. The van der Waals surface area contributed by atoms with Crippen LogP contribution in [0, 0.1) is 5.41 Å². The van der Waals surface area contributed by atoms with Gasteiger partial charge in [0.25, 0.3) is 0 Å². The van der Waals surface area contributed by atoms with Gasteiger partial charge in [-0.05, 0) is 19.3 Å². The van der Waals surface area contributed by atoms with Crippen molar-refractivity contribution in [1.82, 2.24) is 14.7 Å². The molecule has 0 saturated carbocycles. The Morgan fingerprint density at radius 1 is 1.26 bits per heavy atom. The van der Waals surface area contributed by atoms with Crippen molar-refractivity contribution in [3.63, 3.8) is 0 Å². The van der Waals surface area contributed by atoms with E-state index < -0.39 is 0 Å². The second kappa shape index (κ2) is 7.49. The van der Waals surface area contributed by atoms with Gasteiger partial charge >= 0.3 is 6.03 Å². The number of likely N-dealkylation sites (N-methyl/N-ethyl adjacent to an activating group) is 1. The average molecular weight is 327 g/mol. The normalized spacial score (nSPS) is 27.3. The number of piperidine rings is 1. The van der Waals surface area contributed by atoms with Crippen LogP contribution in [0.15, 0.2) is 0 Å². The van der Waals surface area contributed by atoms with E-state index in [1.165, 1.54) is 4.90 Å². The predicted molar refractivity (Wildman–Crippen MR) is 86.2 cm³/mol. The average Bonchev–Trinajstić information content (AvgIpc) is 2.53. The Bertz CT molecular complexity index is 441. The van der Waals surface area contributed by atoms with Crippen LogP contribution >= 0.6 is 0 Å². The third-order valence-electron chi connectivity index (χ3n) is 4.75. The molecule has 0 unspecified atom stereocenters. The zero-order valence-corrected chi connectivity index (χ0v) is 14.7. The molecule has 0 bridgehead atoms. The summed E-state index contributed by atoms with van der Waals surface area (Å²) in [5, 5.41) is 0. The van der Waals surface area contributed by atoms with Crippen LogP contribution in [0.1, 0.15) is 19.3 Å². The standard InChI is InChI=1S/C16H29N3O4/c1-17(2)14(20)10-22-12-16-7-5-9-23-13(16)6-8-19(11-16)15(21)18(3)4/h13H,5-12H2,1-4H3/t13-,16+/m1/s1. The second-order valence-electron chi connectivity index (χ2n) is 6.99. The number of hydrogen-bond donors (Lipinski definition) is 0. The lowest BCUT2D eigenvalue weighted by Gasteiger charge is -2.50. The fraction of sp³-hybridized carbons (Fsp3) is 0.875. The maximum absolute atomic E-state index is 12.3. The molecular formula is C16H29N3O4. The highest BCUT2D eigenvalue weighted by Crippen LogP contribution is 2.40. The molecule has 2 aliphatic heterocycles. The molecule has 2 fully saturated rings. The number of hydrogen-bond acceptors (Lipinski definition) is 4. The smallest absolute Gasteiger partial charge is 0.319 e. The minimum Gasteiger partial charge on any atom is -0.377 e. The molecule has 0 N–H and O–H groups in total. The number of carbonyl (C=O) groups excluding carboxylic acids is 2. The largest absolute Gasteiger partial charge is 0.377 e. The molecule has 2 heterocycles. The zero-order valence-electron chi connectivity index (χ0n) is 14.7. The van der Waals surface area contributed by atoms with Gasteiger partial charge in [0.2, 0.25) is 5.91 Å². The maximum atomic E-state index is 12.3. The summed E-state index contributed by atoms with van der Waals surface area (Å²) in [5.74, 6) is -0.0493. The van der Waals surface area contributed by atoms with Gasteiger partial charge in [0.05, 0.1) is 12.7 Å². The lowest BCUT2D eigenvalue weighted by Crippen LogP contribution is -2.59. The number of fused-ring (bicyclic) bond motifs is 1. The predicted octanol–water partition coefficient (Wildman–Crippen LogP) is 0.644. The highest BCUT2D eigenvalue weighted by Gasteiger charge is 2.47. The zero-order chi connectivity index (χ0) is 17.0. The molecule has 2 atom stereocenters. The summed E-state index contributed by atoms with van der Waals surface area (Å²) in [6.07, 6.45) is 2.86. The highest BCUT2D eigenvalue weighted by molar-refractivity contribution is 5.76. The van der Waals surface area contributed by atoms with Crippen molar-refractivity contribution in [2.24, 2.45) is 5.41 Å². The number of carbonyl (C=O) groups is 2. The maximum Gasteiger partial charge on any atom is 0.319 e. The fourth-order valence-electron chi connectivity index (χ4n) is 3.42. The summed E-state index contributed by atoms with van der Waals surface area (Å²) in [7, 11) is 6.97. The molecule has 23 heavy (non-hydrogen) atoms. The van der Waals surface area contributed by atoms with Gasteiger partial charge in [-0.1, -0.05) is 0 Å². The number of likely N-dealkylation sites (tertiary alicyclic amines) is 1. The van der Waals surface area contributed by atoms with Crippen LogP contribution in [0.4, 0.5) is 4.79 Å². The summed E-state index contributed by atoms with van der Waals surface area (Å²) < 4.78 is 11.7. The first kappa shape index (κ1) is 18.0. The fourth-order valence-corrected chi connectivity index (χ4v) is 3.42. The summed E-state index contributed by atoms with van der Waals surface area (Å²) in [6, 6.07) is 0.0257. The van der Waals surface area contributed by atoms with Crippen LogP contribution in [-0.2, 0) is 14.3 Å². The monoisotopic (exact) mass is 327 g/mol. The summed E-state index contributed by atoms with van der Waals surface area (Å²) >= 11 is 0. The summed E-state index contributed by atoms with van der Waals surface area (Å²) in [4.78, 5) is 29.0. The Hall–Kier alpha value is -1.34. The Labute approximate surface area is 138 Å². The lowest BCUT2D eigenvalue weighted by atomic mass is 9.73. The molecule has 0 aromatic heterocycles. The topological polar surface area (TPSA) is 62.3 Å². The second-order valence-corrected chi connectivity index (χ2v) is 6.99. The van der Waals surface area contributed by atoms with Crippen LogP contribution in [0.2, 0.25) is 0 Å². The van der Waals surface area contributed by atoms with Gasteiger partial charge in [-0.15, -0.1) is 0 Å². The van der Waals surface area contributed by atoms with Gasteiger partial charge in [-0.2, -0.15) is 0 Å². The molecule has 0 spiro atoms. The van der Waals surface area contributed by atoms with Gasteiger partial charge in [0.15, 0.2) is 0 Å². The van der Waals surface area contributed by atoms with E-state index in [0.29, 0.717) is 19.7 Å². The van der Waals surface area contributed by atoms with Gasteiger partial charge < -0.3 is 24.2 Å². The number of amides is 3. The molecule has 132 valence electrons. The highest BCUT2D eigenvalue weighted by atomic mass is 16.5. The van der Waals surface area contributed by atoms with Crippen molar-refractivity contribution in [1.29, 1.82) is 0 Å². The van der Waals surface area contributed by atoms with Crippen molar-refractivity contribution >= 4 is 11.9 Å². The molecule has 2 saturated heterocycles. The van der Waals surface area contributed by atoms with Crippen LogP contribution in [0.5, 0.6) is 0 Å². The molecule has 2 rings (SSSR count). The van der Waals surface area contributed by atoms with E-state index in [2.05, 4.69) is 0 Å². The first-order chi connectivity index (χ1) is 10.9. The molecule has 0 aliphatic carbocycles. The minimum atomic E-state index is -0.200. The van der Waals surface area contributed by atoms with Crippen molar-refractivity contribution in [3.8, 4) is 0 Å². The SMILES string of the molecule is CN(C)C(=O)COC[C@@]12CCCO[C@@H]1CCN(C(=O)N(C)C)C2. The number of urea groups is 1. The molecule has 0 aromatic rings. The Kier molecular flexibility index (Phi) is 5.86. The van der Waals surface area contributed by atoms with E-state index in [4.69, 9.17) is 9.47 Å². The Morgan fingerprint density at radius 3 is 2.65 bits per heavy atom. The minimum absolute atomic E-state index is 0.0257. The van der Waals surface area contributed by atoms with Gasteiger partial charge in [-0.25, -0.2) is 4.79 Å². The molecule has 7 heteroatoms. The Morgan fingerprint density at radius 2 is 2.00 bits per heavy atom. The molecule has 7 nitrogen and oxygen atoms in total. The first-order valence-corrected chi connectivity index (χ1v) is 8.21. The number of rotatable bonds is 4. The van der Waals surface area contributed by atoms with Crippen LogP contribution in [0.3, 0.4) is 0 Å². The molecule has 3 amide bonds. The molecule has 2 aliphatic rings. The van der Waals surface area contributed by atoms with Gasteiger partial charge in [0, 0.05) is 53.3 Å². The van der Waals surface area contributed by atoms with E-state index >= 15 is 0 Å². The van der Waals surface area contributed by atoms with E-state index in [-0.39, 0.29) is 30.1 Å². The summed E-state index contributed by atoms with van der Waals surface area (Å²) in [6.45, 7) is 2.63. The van der Waals surface area contributed by atoms with Crippen LogP contribution in [-0.4, -0.2) is 93.8 Å². The Balaban J connectivity index is 2.02. The third-order valence-corrected chi connectivity index (χ3v) is 4.75. The number of nitrogens with zero attached hydrogens (tertiary/aromatic N) is 3. The first-order valence-electron chi connectivity index (χ1n) is 8.21. The van der Waals surface area contributed by atoms with Gasteiger partial charge in [0.1, 0.15) is 6.61 Å². The van der Waals surface area contributed by atoms with E-state index in [1.54, 1.807) is 33.1 Å². The lowest BCUT2D eigenvalue weighted by molar-refractivity contribution is -0.155.